The highest BCUT2D eigenvalue weighted by molar-refractivity contribution is 5.84. The number of aryl methyl sites for hydroxylation is 2. The summed E-state index contributed by atoms with van der Waals surface area (Å²) in [7, 11) is 0. The second-order valence-corrected chi connectivity index (χ2v) is 8.47. The maximum absolute atomic E-state index is 11.9. The quantitative estimate of drug-likeness (QED) is 0.498. The van der Waals surface area contributed by atoms with Gasteiger partial charge in [0.2, 0.25) is 5.91 Å². The summed E-state index contributed by atoms with van der Waals surface area (Å²) in [4.78, 5) is 23.5. The second kappa shape index (κ2) is 12.4. The first kappa shape index (κ1) is 24.0. The van der Waals surface area contributed by atoms with Gasteiger partial charge in [-0.25, -0.2) is 4.79 Å². The molecule has 0 fully saturated rings. The minimum atomic E-state index is -0.738. The van der Waals surface area contributed by atoms with Crippen LogP contribution < -0.4 is 11.1 Å². The first-order chi connectivity index (χ1) is 13.2. The van der Waals surface area contributed by atoms with Crippen molar-refractivity contribution < 1.29 is 14.3 Å². The van der Waals surface area contributed by atoms with E-state index >= 15 is 0 Å². The van der Waals surface area contributed by atoms with Crippen LogP contribution in [-0.2, 0) is 22.4 Å². The van der Waals surface area contributed by atoms with Gasteiger partial charge >= 0.3 is 6.09 Å². The molecular weight excluding hydrogens is 352 g/mol. The normalized spacial score (nSPS) is 12.4. The lowest BCUT2D eigenvalue weighted by molar-refractivity contribution is -0.120. The zero-order valence-electron chi connectivity index (χ0n) is 18.1. The fourth-order valence-corrected chi connectivity index (χ4v) is 3.03. The van der Waals surface area contributed by atoms with E-state index < -0.39 is 23.6 Å². The molecule has 3 N–H and O–H groups in total. The summed E-state index contributed by atoms with van der Waals surface area (Å²) in [5, 5.41) is 2.57. The number of unbranched alkanes of at least 4 members (excludes halogenated alkanes) is 5. The van der Waals surface area contributed by atoms with Crippen molar-refractivity contribution in [1.82, 2.24) is 5.32 Å². The number of nitrogens with two attached hydrogens (primary N) is 1. The van der Waals surface area contributed by atoms with Gasteiger partial charge in [-0.3, -0.25) is 4.79 Å². The summed E-state index contributed by atoms with van der Waals surface area (Å²) in [6, 6.07) is 7.76. The van der Waals surface area contributed by atoms with Gasteiger partial charge in [0.25, 0.3) is 0 Å². The molecule has 0 aromatic heterocycles. The van der Waals surface area contributed by atoms with Crippen molar-refractivity contribution in [1.29, 1.82) is 0 Å². The van der Waals surface area contributed by atoms with Crippen LogP contribution in [0.4, 0.5) is 4.79 Å². The Balaban J connectivity index is 2.41. The van der Waals surface area contributed by atoms with Gasteiger partial charge in [-0.2, -0.15) is 0 Å². The lowest BCUT2D eigenvalue weighted by Crippen LogP contribution is -2.46. The fourth-order valence-electron chi connectivity index (χ4n) is 3.03. The van der Waals surface area contributed by atoms with Gasteiger partial charge in [-0.1, -0.05) is 63.3 Å². The number of amides is 2. The van der Waals surface area contributed by atoms with E-state index in [4.69, 9.17) is 10.5 Å². The Labute approximate surface area is 170 Å². The lowest BCUT2D eigenvalue weighted by Gasteiger charge is -2.22. The first-order valence-corrected chi connectivity index (χ1v) is 10.6. The van der Waals surface area contributed by atoms with Crippen LogP contribution in [0.25, 0.3) is 0 Å². The fraction of sp³-hybridized carbons (Fsp3) is 0.652. The van der Waals surface area contributed by atoms with Crippen LogP contribution in [0.1, 0.15) is 83.8 Å². The van der Waals surface area contributed by atoms with E-state index in [1.165, 1.54) is 44.1 Å². The molecule has 0 heterocycles. The Morgan fingerprint density at radius 2 is 1.50 bits per heavy atom. The summed E-state index contributed by atoms with van der Waals surface area (Å²) >= 11 is 0. The molecule has 158 valence electrons. The summed E-state index contributed by atoms with van der Waals surface area (Å²) in [5.41, 5.74) is 7.29. The van der Waals surface area contributed by atoms with Crippen molar-refractivity contribution >= 4 is 12.0 Å². The molecule has 0 saturated carbocycles. The number of alkyl carbamates (subject to hydrolysis) is 1. The van der Waals surface area contributed by atoms with Crippen LogP contribution >= 0.6 is 0 Å². The van der Waals surface area contributed by atoms with E-state index in [1.54, 1.807) is 20.8 Å². The van der Waals surface area contributed by atoms with Gasteiger partial charge in [-0.15, -0.1) is 0 Å². The number of rotatable bonds is 12. The van der Waals surface area contributed by atoms with Gasteiger partial charge in [-0.05, 0) is 57.6 Å². The zero-order chi connectivity index (χ0) is 21.0. The molecule has 5 nitrogen and oxygen atoms in total. The monoisotopic (exact) mass is 390 g/mol. The van der Waals surface area contributed by atoms with Crippen LogP contribution in [0.15, 0.2) is 24.3 Å². The largest absolute Gasteiger partial charge is 0.444 e. The Morgan fingerprint density at radius 3 is 2.04 bits per heavy atom. The van der Waals surface area contributed by atoms with Crippen LogP contribution in [0.5, 0.6) is 0 Å². The Bertz CT molecular complexity index is 591. The molecule has 0 aliphatic heterocycles. The molecule has 0 aliphatic rings. The van der Waals surface area contributed by atoms with Gasteiger partial charge in [0.1, 0.15) is 11.6 Å². The molecule has 5 heteroatoms. The highest BCUT2D eigenvalue weighted by atomic mass is 16.6. The zero-order valence-corrected chi connectivity index (χ0v) is 18.1. The summed E-state index contributed by atoms with van der Waals surface area (Å²) in [5.74, 6) is -0.550. The van der Waals surface area contributed by atoms with Crippen LogP contribution in [0, 0.1) is 0 Å². The van der Waals surface area contributed by atoms with Gasteiger partial charge in [0.05, 0.1) is 0 Å². The molecule has 28 heavy (non-hydrogen) atoms. The number of carbonyl (C=O) groups excluding carboxylic acids is 2. The minimum Gasteiger partial charge on any atom is -0.444 e. The van der Waals surface area contributed by atoms with Crippen molar-refractivity contribution in [2.75, 3.05) is 0 Å². The summed E-state index contributed by atoms with van der Waals surface area (Å²) in [6.07, 6.45) is 9.41. The van der Waals surface area contributed by atoms with E-state index in [1.807, 2.05) is 0 Å². The van der Waals surface area contributed by atoms with Gasteiger partial charge in [0, 0.05) is 0 Å². The van der Waals surface area contributed by atoms with E-state index in [9.17, 15) is 9.59 Å². The third kappa shape index (κ3) is 11.0. The third-order valence-electron chi connectivity index (χ3n) is 4.60. The lowest BCUT2D eigenvalue weighted by atomic mass is 10.0. The van der Waals surface area contributed by atoms with Crippen molar-refractivity contribution in [3.8, 4) is 0 Å². The maximum atomic E-state index is 11.9. The molecule has 0 radical (unpaired) electrons. The molecule has 1 aromatic carbocycles. The van der Waals surface area contributed by atoms with Gasteiger partial charge in [0.15, 0.2) is 0 Å². The smallest absolute Gasteiger partial charge is 0.408 e. The highest BCUT2D eigenvalue weighted by Gasteiger charge is 2.22. The van der Waals surface area contributed by atoms with Crippen molar-refractivity contribution in [3.63, 3.8) is 0 Å². The Hall–Kier alpha value is -2.04. The number of ether oxygens (including phenoxy) is 1. The van der Waals surface area contributed by atoms with E-state index in [-0.39, 0.29) is 0 Å². The van der Waals surface area contributed by atoms with Crippen LogP contribution in [0.2, 0.25) is 0 Å². The molecule has 0 bridgehead atoms. The Kier molecular flexibility index (Phi) is 10.6. The van der Waals surface area contributed by atoms with Crippen LogP contribution in [0.3, 0.4) is 0 Å². The van der Waals surface area contributed by atoms with Crippen molar-refractivity contribution in [2.45, 2.75) is 97.1 Å². The molecule has 1 aromatic rings. The minimum absolute atomic E-state index is 0.450. The summed E-state index contributed by atoms with van der Waals surface area (Å²) in [6.45, 7) is 7.57. The average molecular weight is 391 g/mol. The SMILES string of the molecule is CCCCCCCCc1ccc(CC[C@@H](NC(=O)OC(C)(C)C)C(N)=O)cc1. The predicted octanol–water partition coefficient (Wildman–Crippen LogP) is 4.90. The number of hydrogen-bond acceptors (Lipinski definition) is 3. The molecular formula is C23H38N2O3. The molecule has 0 spiro atoms. The average Bonchev–Trinajstić information content (AvgIpc) is 2.61. The highest BCUT2D eigenvalue weighted by Crippen LogP contribution is 2.13. The van der Waals surface area contributed by atoms with Gasteiger partial charge < -0.3 is 15.8 Å². The number of hydrogen-bond donors (Lipinski definition) is 2. The molecule has 0 saturated heterocycles. The molecule has 1 atom stereocenters. The molecule has 2 amide bonds. The number of primary amides is 1. The maximum Gasteiger partial charge on any atom is 0.408 e. The molecule has 1 rings (SSSR count). The third-order valence-corrected chi connectivity index (χ3v) is 4.60. The Morgan fingerprint density at radius 1 is 0.964 bits per heavy atom. The standard InChI is InChI=1S/C23H38N2O3/c1-5-6-7-8-9-10-11-18-12-14-19(15-13-18)16-17-20(21(24)26)25-22(27)28-23(2,3)4/h12-15,20H,5-11,16-17H2,1-4H3,(H2,24,26)(H,25,27)/t20-/m1/s1. The van der Waals surface area contributed by atoms with E-state index in [0.717, 1.165) is 12.0 Å². The molecule has 0 unspecified atom stereocenters. The number of carbonyl (C=O) groups is 2. The van der Waals surface area contributed by atoms with E-state index in [2.05, 4.69) is 36.5 Å². The second-order valence-electron chi connectivity index (χ2n) is 8.47. The summed E-state index contributed by atoms with van der Waals surface area (Å²) < 4.78 is 5.20. The van der Waals surface area contributed by atoms with Crippen LogP contribution in [-0.4, -0.2) is 23.6 Å². The first-order valence-electron chi connectivity index (χ1n) is 10.6. The number of nitrogens with one attached hydrogen (secondary N) is 1. The van der Waals surface area contributed by atoms with Crippen molar-refractivity contribution in [3.05, 3.63) is 35.4 Å². The molecule has 0 aliphatic carbocycles. The van der Waals surface area contributed by atoms with E-state index in [0.29, 0.717) is 12.8 Å². The number of benzene rings is 1. The predicted molar refractivity (Wildman–Crippen MR) is 114 cm³/mol. The van der Waals surface area contributed by atoms with Crippen molar-refractivity contribution in [2.24, 2.45) is 5.73 Å². The topological polar surface area (TPSA) is 81.4 Å².